The number of guanidine groups is 1. The first-order chi connectivity index (χ1) is 8.86. The van der Waals surface area contributed by atoms with Crippen LogP contribution in [0.25, 0.3) is 0 Å². The van der Waals surface area contributed by atoms with Gasteiger partial charge < -0.3 is 10.6 Å². The molecule has 0 atom stereocenters. The van der Waals surface area contributed by atoms with Gasteiger partial charge in [-0.15, -0.1) is 30.6 Å². The van der Waals surface area contributed by atoms with Gasteiger partial charge in [-0.2, -0.15) is 0 Å². The molecule has 0 aliphatic heterocycles. The Kier molecular flexibility index (Phi) is 11.4. The van der Waals surface area contributed by atoms with Crippen LogP contribution in [0.1, 0.15) is 18.9 Å². The summed E-state index contributed by atoms with van der Waals surface area (Å²) in [6.45, 7) is 8.20. The highest BCUT2D eigenvalue weighted by atomic mass is 127. The Balaban J connectivity index is 0.00000324. The molecule has 0 bridgehead atoms. The van der Waals surface area contributed by atoms with Crippen molar-refractivity contribution in [3.63, 3.8) is 0 Å². The maximum atomic E-state index is 4.51. The summed E-state index contributed by atoms with van der Waals surface area (Å²) in [5.74, 6) is 0.866. The molecule has 0 amide bonds. The van der Waals surface area contributed by atoms with E-state index in [9.17, 15) is 0 Å². The largest absolute Gasteiger partial charge is 0.357 e. The van der Waals surface area contributed by atoms with Crippen LogP contribution in [-0.2, 0) is 6.42 Å². The standard InChI is InChI=1S/C15H23N3.HI/c1-3-12-17-15(16-4-2)18-13-8-11-14-9-6-5-7-10-14;/h3,5-7,9-10H,1,4,8,11-13H2,2H3,(H2,16,17,18);1H. The Bertz CT molecular complexity index is 363. The molecule has 106 valence electrons. The number of aryl methyl sites for hydroxylation is 1. The molecule has 0 saturated carbocycles. The van der Waals surface area contributed by atoms with Crippen LogP contribution in [0, 0.1) is 0 Å². The zero-order chi connectivity index (χ0) is 13.1. The summed E-state index contributed by atoms with van der Waals surface area (Å²) in [5.41, 5.74) is 1.37. The van der Waals surface area contributed by atoms with Gasteiger partial charge in [0.25, 0.3) is 0 Å². The molecule has 3 nitrogen and oxygen atoms in total. The van der Waals surface area contributed by atoms with Crippen molar-refractivity contribution in [3.05, 3.63) is 48.6 Å². The highest BCUT2D eigenvalue weighted by Gasteiger charge is 1.95. The summed E-state index contributed by atoms with van der Waals surface area (Å²) >= 11 is 0. The second-order valence-electron chi connectivity index (χ2n) is 4.02. The van der Waals surface area contributed by atoms with E-state index in [2.05, 4.69) is 53.4 Å². The van der Waals surface area contributed by atoms with Gasteiger partial charge in [-0.3, -0.25) is 4.99 Å². The van der Waals surface area contributed by atoms with Crippen molar-refractivity contribution in [3.8, 4) is 0 Å². The lowest BCUT2D eigenvalue weighted by Gasteiger charge is -2.09. The van der Waals surface area contributed by atoms with E-state index < -0.39 is 0 Å². The van der Waals surface area contributed by atoms with E-state index in [0.29, 0.717) is 0 Å². The van der Waals surface area contributed by atoms with Crippen molar-refractivity contribution < 1.29 is 0 Å². The molecule has 0 aliphatic carbocycles. The Hall–Kier alpha value is -1.04. The number of halogens is 1. The smallest absolute Gasteiger partial charge is 0.191 e. The van der Waals surface area contributed by atoms with Crippen molar-refractivity contribution in [1.82, 2.24) is 10.6 Å². The SMILES string of the molecule is C=CCNC(=NCCCc1ccccc1)NCC.I. The van der Waals surface area contributed by atoms with Crippen LogP contribution in [-0.4, -0.2) is 25.6 Å². The topological polar surface area (TPSA) is 36.4 Å². The first kappa shape index (κ1) is 18.0. The van der Waals surface area contributed by atoms with Crippen LogP contribution in [0.4, 0.5) is 0 Å². The summed E-state index contributed by atoms with van der Waals surface area (Å²) in [6.07, 6.45) is 3.97. The van der Waals surface area contributed by atoms with Gasteiger partial charge in [0.15, 0.2) is 5.96 Å². The molecule has 4 heteroatoms. The summed E-state index contributed by atoms with van der Waals surface area (Å²) in [5, 5.41) is 6.40. The molecule has 0 radical (unpaired) electrons. The average molecular weight is 373 g/mol. The molecule has 0 heterocycles. The van der Waals surface area contributed by atoms with Gasteiger partial charge in [-0.05, 0) is 25.3 Å². The van der Waals surface area contributed by atoms with Gasteiger partial charge in [-0.25, -0.2) is 0 Å². The molecule has 1 aromatic rings. The second-order valence-corrected chi connectivity index (χ2v) is 4.02. The van der Waals surface area contributed by atoms with Gasteiger partial charge in [0, 0.05) is 19.6 Å². The molecule has 0 aliphatic rings. The van der Waals surface area contributed by atoms with Crippen molar-refractivity contribution >= 4 is 29.9 Å². The summed E-state index contributed by atoms with van der Waals surface area (Å²) < 4.78 is 0. The highest BCUT2D eigenvalue weighted by molar-refractivity contribution is 14.0. The maximum absolute atomic E-state index is 4.51. The number of benzene rings is 1. The lowest BCUT2D eigenvalue weighted by Crippen LogP contribution is -2.37. The number of aliphatic imine (C=N–C) groups is 1. The molecule has 0 spiro atoms. The van der Waals surface area contributed by atoms with E-state index in [1.807, 2.05) is 12.1 Å². The highest BCUT2D eigenvalue weighted by Crippen LogP contribution is 2.02. The molecule has 0 fully saturated rings. The fraction of sp³-hybridized carbons (Fsp3) is 0.400. The van der Waals surface area contributed by atoms with E-state index in [0.717, 1.165) is 38.4 Å². The number of hydrogen-bond donors (Lipinski definition) is 2. The van der Waals surface area contributed by atoms with Crippen molar-refractivity contribution in [2.45, 2.75) is 19.8 Å². The van der Waals surface area contributed by atoms with E-state index in [-0.39, 0.29) is 24.0 Å². The van der Waals surface area contributed by atoms with Crippen LogP contribution < -0.4 is 10.6 Å². The third-order valence-corrected chi connectivity index (χ3v) is 2.49. The minimum Gasteiger partial charge on any atom is -0.357 e. The molecule has 0 saturated heterocycles. The first-order valence-electron chi connectivity index (χ1n) is 6.53. The minimum absolute atomic E-state index is 0. The van der Waals surface area contributed by atoms with Crippen LogP contribution >= 0.6 is 24.0 Å². The lowest BCUT2D eigenvalue weighted by molar-refractivity contribution is 0.802. The third-order valence-electron chi connectivity index (χ3n) is 2.49. The molecule has 0 unspecified atom stereocenters. The zero-order valence-electron chi connectivity index (χ0n) is 11.6. The van der Waals surface area contributed by atoms with E-state index >= 15 is 0 Å². The minimum atomic E-state index is 0. The zero-order valence-corrected chi connectivity index (χ0v) is 13.9. The fourth-order valence-electron chi connectivity index (χ4n) is 1.63. The molecule has 19 heavy (non-hydrogen) atoms. The molecule has 0 aromatic heterocycles. The van der Waals surface area contributed by atoms with E-state index in [4.69, 9.17) is 0 Å². The van der Waals surface area contributed by atoms with E-state index in [1.54, 1.807) is 0 Å². The Labute approximate surface area is 133 Å². The Morgan fingerprint density at radius 1 is 1.26 bits per heavy atom. The number of nitrogens with one attached hydrogen (secondary N) is 2. The predicted molar refractivity (Wildman–Crippen MR) is 94.4 cm³/mol. The molecular weight excluding hydrogens is 349 g/mol. The summed E-state index contributed by atoms with van der Waals surface area (Å²) in [6, 6.07) is 10.5. The number of rotatable bonds is 7. The van der Waals surface area contributed by atoms with Crippen LogP contribution in [0.5, 0.6) is 0 Å². The van der Waals surface area contributed by atoms with Crippen molar-refractivity contribution in [2.75, 3.05) is 19.6 Å². The maximum Gasteiger partial charge on any atom is 0.191 e. The fourth-order valence-corrected chi connectivity index (χ4v) is 1.63. The average Bonchev–Trinajstić information content (AvgIpc) is 2.42. The van der Waals surface area contributed by atoms with Crippen LogP contribution in [0.15, 0.2) is 48.0 Å². The predicted octanol–water partition coefficient (Wildman–Crippen LogP) is 2.98. The van der Waals surface area contributed by atoms with Gasteiger partial charge in [0.2, 0.25) is 0 Å². The number of hydrogen-bond acceptors (Lipinski definition) is 1. The van der Waals surface area contributed by atoms with E-state index in [1.165, 1.54) is 5.56 Å². The molecular formula is C15H24IN3. The first-order valence-corrected chi connectivity index (χ1v) is 6.53. The lowest BCUT2D eigenvalue weighted by atomic mass is 10.1. The monoisotopic (exact) mass is 373 g/mol. The molecule has 1 rings (SSSR count). The molecule has 1 aromatic carbocycles. The van der Waals surface area contributed by atoms with Crippen LogP contribution in [0.3, 0.4) is 0 Å². The number of nitrogens with zero attached hydrogens (tertiary/aromatic N) is 1. The van der Waals surface area contributed by atoms with Crippen LogP contribution in [0.2, 0.25) is 0 Å². The Morgan fingerprint density at radius 2 is 2.00 bits per heavy atom. The summed E-state index contributed by atoms with van der Waals surface area (Å²) in [4.78, 5) is 4.51. The van der Waals surface area contributed by atoms with Gasteiger partial charge in [-0.1, -0.05) is 36.4 Å². The molecule has 2 N–H and O–H groups in total. The van der Waals surface area contributed by atoms with Gasteiger partial charge in [0.1, 0.15) is 0 Å². The Morgan fingerprint density at radius 3 is 2.63 bits per heavy atom. The van der Waals surface area contributed by atoms with Gasteiger partial charge in [0.05, 0.1) is 0 Å². The normalized spacial score (nSPS) is 10.5. The van der Waals surface area contributed by atoms with Crippen molar-refractivity contribution in [1.29, 1.82) is 0 Å². The van der Waals surface area contributed by atoms with Gasteiger partial charge >= 0.3 is 0 Å². The summed E-state index contributed by atoms with van der Waals surface area (Å²) in [7, 11) is 0. The quantitative estimate of drug-likeness (QED) is 0.254. The second kappa shape index (κ2) is 12.0. The third kappa shape index (κ3) is 8.64. The van der Waals surface area contributed by atoms with Crippen molar-refractivity contribution in [2.24, 2.45) is 4.99 Å².